The fourth-order valence-electron chi connectivity index (χ4n) is 2.91. The Balaban J connectivity index is 2.08. The van der Waals surface area contributed by atoms with Gasteiger partial charge in [0.05, 0.1) is 6.26 Å². The Hall–Kier alpha value is -1.82. The third-order valence-corrected chi connectivity index (χ3v) is 4.64. The lowest BCUT2D eigenvalue weighted by Gasteiger charge is -2.43. The molecule has 1 aromatic rings. The van der Waals surface area contributed by atoms with E-state index in [1.165, 1.54) is 6.26 Å². The van der Waals surface area contributed by atoms with Crippen molar-refractivity contribution in [3.05, 3.63) is 24.2 Å². The number of amides is 2. The first-order valence-electron chi connectivity index (χ1n) is 8.16. The van der Waals surface area contributed by atoms with Gasteiger partial charge in [0.15, 0.2) is 5.76 Å². The number of nitrogens with zero attached hydrogens (tertiary/aromatic N) is 2. The van der Waals surface area contributed by atoms with Gasteiger partial charge in [-0.1, -0.05) is 13.8 Å². The molecule has 2 heterocycles. The Morgan fingerprint density at radius 3 is 2.35 bits per heavy atom. The topological polar surface area (TPSA) is 65.8 Å². The summed E-state index contributed by atoms with van der Waals surface area (Å²) in [6.45, 7) is 9.46. The lowest BCUT2D eigenvalue weighted by atomic mass is 10.0. The summed E-state index contributed by atoms with van der Waals surface area (Å²) < 4.78 is 5.11. The van der Waals surface area contributed by atoms with Crippen molar-refractivity contribution in [3.8, 4) is 0 Å². The van der Waals surface area contributed by atoms with Crippen LogP contribution in [0.5, 0.6) is 0 Å². The molecule has 1 fully saturated rings. The van der Waals surface area contributed by atoms with Gasteiger partial charge in [-0.15, -0.1) is 0 Å². The molecular formula is C17H27N3O3. The van der Waals surface area contributed by atoms with Crippen molar-refractivity contribution in [1.29, 1.82) is 0 Å². The molecule has 0 aliphatic carbocycles. The number of likely N-dealkylation sites (N-methyl/N-ethyl adjacent to an activating group) is 1. The van der Waals surface area contributed by atoms with Gasteiger partial charge in [-0.2, -0.15) is 0 Å². The smallest absolute Gasteiger partial charge is 0.287 e. The third kappa shape index (κ3) is 3.93. The lowest BCUT2D eigenvalue weighted by molar-refractivity contribution is -0.138. The summed E-state index contributed by atoms with van der Waals surface area (Å²) in [5.41, 5.74) is 0. The Morgan fingerprint density at radius 1 is 1.26 bits per heavy atom. The van der Waals surface area contributed by atoms with Crippen LogP contribution in [0.15, 0.2) is 22.8 Å². The van der Waals surface area contributed by atoms with E-state index in [1.807, 2.05) is 18.7 Å². The van der Waals surface area contributed by atoms with Crippen LogP contribution < -0.4 is 5.32 Å². The quantitative estimate of drug-likeness (QED) is 0.914. The summed E-state index contributed by atoms with van der Waals surface area (Å²) in [4.78, 5) is 29.2. The molecule has 0 bridgehead atoms. The maximum absolute atomic E-state index is 12.9. The minimum absolute atomic E-state index is 0.00619. The monoisotopic (exact) mass is 321 g/mol. The molecule has 1 aliphatic heterocycles. The molecule has 0 saturated carbocycles. The molecule has 6 heteroatoms. The molecule has 1 aliphatic rings. The zero-order valence-electron chi connectivity index (χ0n) is 14.6. The van der Waals surface area contributed by atoms with Gasteiger partial charge in [0.1, 0.15) is 6.04 Å². The number of carbonyl (C=O) groups excluding carboxylic acids is 2. The van der Waals surface area contributed by atoms with E-state index >= 15 is 0 Å². The van der Waals surface area contributed by atoms with Crippen LogP contribution in [0.3, 0.4) is 0 Å². The highest BCUT2D eigenvalue weighted by atomic mass is 16.3. The number of piperazine rings is 1. The van der Waals surface area contributed by atoms with Crippen LogP contribution in [0.25, 0.3) is 0 Å². The number of hydrogen-bond acceptors (Lipinski definition) is 4. The van der Waals surface area contributed by atoms with Crippen LogP contribution in [0.4, 0.5) is 0 Å². The van der Waals surface area contributed by atoms with Crippen LogP contribution in [0, 0.1) is 5.92 Å². The van der Waals surface area contributed by atoms with E-state index < -0.39 is 6.04 Å². The predicted molar refractivity (Wildman–Crippen MR) is 88.1 cm³/mol. The van der Waals surface area contributed by atoms with Crippen molar-refractivity contribution in [2.45, 2.75) is 45.8 Å². The molecule has 128 valence electrons. The molecule has 23 heavy (non-hydrogen) atoms. The second-order valence-electron chi connectivity index (χ2n) is 6.78. The van der Waals surface area contributed by atoms with E-state index in [4.69, 9.17) is 4.42 Å². The van der Waals surface area contributed by atoms with Crippen LogP contribution in [-0.4, -0.2) is 59.9 Å². The van der Waals surface area contributed by atoms with Crippen molar-refractivity contribution in [1.82, 2.24) is 15.1 Å². The summed E-state index contributed by atoms with van der Waals surface area (Å²) in [6, 6.07) is 3.31. The molecule has 0 unspecified atom stereocenters. The Kier molecular flexibility index (Phi) is 5.46. The highest BCUT2D eigenvalue weighted by molar-refractivity contribution is 5.95. The summed E-state index contributed by atoms with van der Waals surface area (Å²) in [7, 11) is 2.08. The van der Waals surface area contributed by atoms with Crippen molar-refractivity contribution >= 4 is 11.8 Å². The summed E-state index contributed by atoms with van der Waals surface area (Å²) in [5, 5.41) is 2.82. The minimum atomic E-state index is -0.546. The number of nitrogens with one attached hydrogen (secondary N) is 1. The Bertz CT molecular complexity index is 529. The van der Waals surface area contributed by atoms with E-state index in [1.54, 1.807) is 12.1 Å². The molecular weight excluding hydrogens is 294 g/mol. The van der Waals surface area contributed by atoms with Gasteiger partial charge in [0, 0.05) is 25.2 Å². The molecule has 1 saturated heterocycles. The zero-order valence-corrected chi connectivity index (χ0v) is 14.6. The molecule has 1 aromatic heterocycles. The van der Waals surface area contributed by atoms with Crippen molar-refractivity contribution in [3.63, 3.8) is 0 Å². The van der Waals surface area contributed by atoms with Gasteiger partial charge >= 0.3 is 0 Å². The van der Waals surface area contributed by atoms with Crippen LogP contribution in [0.1, 0.15) is 38.2 Å². The maximum Gasteiger partial charge on any atom is 0.287 e. The first kappa shape index (κ1) is 17.5. The molecule has 2 rings (SSSR count). The second kappa shape index (κ2) is 7.17. The Morgan fingerprint density at radius 2 is 1.87 bits per heavy atom. The maximum atomic E-state index is 12.9. The minimum Gasteiger partial charge on any atom is -0.459 e. The zero-order chi connectivity index (χ0) is 17.1. The first-order chi connectivity index (χ1) is 10.8. The summed E-state index contributed by atoms with van der Waals surface area (Å²) >= 11 is 0. The normalized spacial score (nSPS) is 23.8. The first-order valence-corrected chi connectivity index (χ1v) is 8.16. The van der Waals surface area contributed by atoms with E-state index in [9.17, 15) is 9.59 Å². The van der Waals surface area contributed by atoms with Crippen LogP contribution >= 0.6 is 0 Å². The largest absolute Gasteiger partial charge is 0.459 e. The molecule has 6 nitrogen and oxygen atoms in total. The second-order valence-corrected chi connectivity index (χ2v) is 6.78. The van der Waals surface area contributed by atoms with Crippen LogP contribution in [0.2, 0.25) is 0 Å². The van der Waals surface area contributed by atoms with Crippen LogP contribution in [-0.2, 0) is 4.79 Å². The lowest BCUT2D eigenvalue weighted by Crippen LogP contribution is -2.60. The average molecular weight is 321 g/mol. The van der Waals surface area contributed by atoms with Crippen molar-refractivity contribution in [2.75, 3.05) is 20.1 Å². The fourth-order valence-corrected chi connectivity index (χ4v) is 2.91. The highest BCUT2D eigenvalue weighted by Gasteiger charge is 2.35. The van der Waals surface area contributed by atoms with E-state index in [0.29, 0.717) is 25.2 Å². The van der Waals surface area contributed by atoms with Crippen molar-refractivity contribution in [2.24, 2.45) is 5.92 Å². The number of hydrogen-bond donors (Lipinski definition) is 1. The molecule has 3 atom stereocenters. The molecule has 1 N–H and O–H groups in total. The standard InChI is InChI=1S/C17H27N3O3/c1-11(2)15(18-16(21)14-7-6-8-23-14)17(22)20-9-12(3)19(5)13(4)10-20/h6-8,11-13,15H,9-10H2,1-5H3,(H,18,21)/t12-,13+,15-/m1/s1. The molecule has 2 amide bonds. The number of carbonyl (C=O) groups is 2. The van der Waals surface area contributed by atoms with Gasteiger partial charge < -0.3 is 14.6 Å². The van der Waals surface area contributed by atoms with E-state index in [0.717, 1.165) is 0 Å². The van der Waals surface area contributed by atoms with Gasteiger partial charge in [-0.3, -0.25) is 14.5 Å². The predicted octanol–water partition coefficient (Wildman–Crippen LogP) is 1.58. The van der Waals surface area contributed by atoms with Gasteiger partial charge in [-0.05, 0) is 38.9 Å². The Labute approximate surface area is 137 Å². The average Bonchev–Trinajstić information content (AvgIpc) is 3.03. The van der Waals surface area contributed by atoms with Gasteiger partial charge in [0.2, 0.25) is 5.91 Å². The van der Waals surface area contributed by atoms with Crippen molar-refractivity contribution < 1.29 is 14.0 Å². The highest BCUT2D eigenvalue weighted by Crippen LogP contribution is 2.16. The summed E-state index contributed by atoms with van der Waals surface area (Å²) in [5.74, 6) is -0.140. The fraction of sp³-hybridized carbons (Fsp3) is 0.647. The molecule has 0 radical (unpaired) electrons. The molecule has 0 spiro atoms. The number of furan rings is 1. The summed E-state index contributed by atoms with van der Waals surface area (Å²) in [6.07, 6.45) is 1.45. The van der Waals surface area contributed by atoms with E-state index in [-0.39, 0.29) is 23.5 Å². The number of rotatable bonds is 4. The van der Waals surface area contributed by atoms with Gasteiger partial charge in [-0.25, -0.2) is 0 Å². The molecule has 0 aromatic carbocycles. The third-order valence-electron chi connectivity index (χ3n) is 4.64. The van der Waals surface area contributed by atoms with Gasteiger partial charge in [0.25, 0.3) is 5.91 Å². The van der Waals surface area contributed by atoms with E-state index in [2.05, 4.69) is 31.1 Å². The SMILES string of the molecule is CC(C)[C@@H](NC(=O)c1ccco1)C(=O)N1C[C@@H](C)N(C)[C@@H](C)C1.